The standard InChI is InChI=1S/C22H37N3O3S/c1-5-25(6-2)29(27,28)21-12-9-20(10-13-21)11-14-22(26)23-19(4)17-24-15-7-8-18(3)16-24/h9-10,12-13,18-19H,5-8,11,14-17H2,1-4H3,(H,23,26). The fourth-order valence-corrected chi connectivity index (χ4v) is 5.49. The highest BCUT2D eigenvalue weighted by Crippen LogP contribution is 2.17. The Morgan fingerprint density at radius 1 is 1.24 bits per heavy atom. The van der Waals surface area contributed by atoms with E-state index in [1.807, 2.05) is 26.0 Å². The zero-order valence-electron chi connectivity index (χ0n) is 18.4. The van der Waals surface area contributed by atoms with Gasteiger partial charge in [-0.05, 0) is 56.3 Å². The van der Waals surface area contributed by atoms with Crippen LogP contribution in [0.4, 0.5) is 0 Å². The van der Waals surface area contributed by atoms with Gasteiger partial charge in [-0.3, -0.25) is 4.79 Å². The van der Waals surface area contributed by atoms with E-state index in [2.05, 4.69) is 24.1 Å². The number of hydrogen-bond acceptors (Lipinski definition) is 4. The summed E-state index contributed by atoms with van der Waals surface area (Å²) < 4.78 is 26.5. The van der Waals surface area contributed by atoms with E-state index < -0.39 is 10.0 Å². The fraction of sp³-hybridized carbons (Fsp3) is 0.682. The lowest BCUT2D eigenvalue weighted by Crippen LogP contribution is -2.45. The third-order valence-corrected chi connectivity index (χ3v) is 7.65. The molecule has 1 aromatic rings. The average Bonchev–Trinajstić information content (AvgIpc) is 2.67. The first-order valence-corrected chi connectivity index (χ1v) is 12.3. The molecule has 0 saturated carbocycles. The SMILES string of the molecule is CCN(CC)S(=O)(=O)c1ccc(CCC(=O)NC(C)CN2CCCC(C)C2)cc1. The summed E-state index contributed by atoms with van der Waals surface area (Å²) in [5, 5.41) is 3.09. The summed E-state index contributed by atoms with van der Waals surface area (Å²) >= 11 is 0. The molecule has 0 radical (unpaired) electrons. The zero-order chi connectivity index (χ0) is 21.4. The number of carbonyl (C=O) groups excluding carboxylic acids is 1. The minimum atomic E-state index is -3.43. The van der Waals surface area contributed by atoms with Gasteiger partial charge < -0.3 is 10.2 Å². The van der Waals surface area contributed by atoms with Crippen LogP contribution in [-0.4, -0.2) is 62.3 Å². The first-order chi connectivity index (χ1) is 13.8. The Bertz CT molecular complexity index is 745. The summed E-state index contributed by atoms with van der Waals surface area (Å²) in [5.74, 6) is 0.780. The van der Waals surface area contributed by atoms with Gasteiger partial charge in [0.25, 0.3) is 0 Å². The highest BCUT2D eigenvalue weighted by Gasteiger charge is 2.21. The number of benzene rings is 1. The lowest BCUT2D eigenvalue weighted by molar-refractivity contribution is -0.121. The van der Waals surface area contributed by atoms with Crippen molar-refractivity contribution in [2.45, 2.75) is 64.3 Å². The molecule has 0 aliphatic carbocycles. The third kappa shape index (κ3) is 7.08. The average molecular weight is 424 g/mol. The minimum absolute atomic E-state index is 0.0439. The number of amides is 1. The number of rotatable bonds is 10. The van der Waals surface area contributed by atoms with E-state index >= 15 is 0 Å². The van der Waals surface area contributed by atoms with Crippen LogP contribution in [0.2, 0.25) is 0 Å². The van der Waals surface area contributed by atoms with Crippen molar-refractivity contribution in [3.63, 3.8) is 0 Å². The molecule has 1 fully saturated rings. The lowest BCUT2D eigenvalue weighted by Gasteiger charge is -2.32. The Morgan fingerprint density at radius 3 is 2.48 bits per heavy atom. The molecule has 2 rings (SSSR count). The van der Waals surface area contributed by atoms with Crippen LogP contribution >= 0.6 is 0 Å². The molecule has 7 heteroatoms. The second kappa shape index (κ2) is 11.1. The van der Waals surface area contributed by atoms with Gasteiger partial charge in [0.1, 0.15) is 0 Å². The van der Waals surface area contributed by atoms with E-state index in [1.54, 1.807) is 12.1 Å². The first-order valence-electron chi connectivity index (χ1n) is 10.9. The predicted molar refractivity (Wildman–Crippen MR) is 117 cm³/mol. The van der Waals surface area contributed by atoms with E-state index in [4.69, 9.17) is 0 Å². The maximum atomic E-state index is 12.5. The Morgan fingerprint density at radius 2 is 1.90 bits per heavy atom. The zero-order valence-corrected chi connectivity index (χ0v) is 19.2. The van der Waals surface area contributed by atoms with E-state index in [1.165, 1.54) is 17.1 Å². The number of piperidine rings is 1. The smallest absolute Gasteiger partial charge is 0.243 e. The van der Waals surface area contributed by atoms with Gasteiger partial charge in [0.15, 0.2) is 0 Å². The van der Waals surface area contributed by atoms with Crippen LogP contribution in [0, 0.1) is 5.92 Å². The van der Waals surface area contributed by atoms with E-state index in [9.17, 15) is 13.2 Å². The molecule has 1 N–H and O–H groups in total. The second-order valence-electron chi connectivity index (χ2n) is 8.21. The molecule has 1 aliphatic rings. The minimum Gasteiger partial charge on any atom is -0.352 e. The highest BCUT2D eigenvalue weighted by molar-refractivity contribution is 7.89. The monoisotopic (exact) mass is 423 g/mol. The fourth-order valence-electron chi connectivity index (χ4n) is 4.03. The molecule has 164 valence electrons. The molecule has 1 heterocycles. The molecule has 29 heavy (non-hydrogen) atoms. The van der Waals surface area contributed by atoms with Gasteiger partial charge in [0.2, 0.25) is 15.9 Å². The number of aryl methyl sites for hydroxylation is 1. The van der Waals surface area contributed by atoms with E-state index in [-0.39, 0.29) is 11.9 Å². The van der Waals surface area contributed by atoms with Gasteiger partial charge in [-0.25, -0.2) is 8.42 Å². The molecular weight excluding hydrogens is 386 g/mol. The van der Waals surface area contributed by atoms with Crippen molar-refractivity contribution in [2.75, 3.05) is 32.7 Å². The Hall–Kier alpha value is -1.44. The maximum Gasteiger partial charge on any atom is 0.243 e. The number of nitrogens with one attached hydrogen (secondary N) is 1. The Kier molecular flexibility index (Phi) is 9.11. The number of sulfonamides is 1. The van der Waals surface area contributed by atoms with Crippen molar-refractivity contribution in [1.29, 1.82) is 0 Å². The number of carbonyl (C=O) groups is 1. The molecule has 0 aromatic heterocycles. The third-order valence-electron chi connectivity index (χ3n) is 5.59. The number of likely N-dealkylation sites (tertiary alicyclic amines) is 1. The van der Waals surface area contributed by atoms with Crippen molar-refractivity contribution in [3.8, 4) is 0 Å². The van der Waals surface area contributed by atoms with Crippen LogP contribution < -0.4 is 5.32 Å². The summed E-state index contributed by atoms with van der Waals surface area (Å²) in [6, 6.07) is 7.03. The topological polar surface area (TPSA) is 69.7 Å². The Labute approximate surface area is 176 Å². The molecule has 2 unspecified atom stereocenters. The van der Waals surface area contributed by atoms with Gasteiger partial charge in [-0.15, -0.1) is 0 Å². The second-order valence-corrected chi connectivity index (χ2v) is 10.1. The lowest BCUT2D eigenvalue weighted by atomic mass is 10.00. The highest BCUT2D eigenvalue weighted by atomic mass is 32.2. The van der Waals surface area contributed by atoms with Crippen molar-refractivity contribution in [1.82, 2.24) is 14.5 Å². The van der Waals surface area contributed by atoms with Crippen LogP contribution in [0.1, 0.15) is 52.5 Å². The predicted octanol–water partition coefficient (Wildman–Crippen LogP) is 2.89. The van der Waals surface area contributed by atoms with E-state index in [0.717, 1.165) is 31.1 Å². The van der Waals surface area contributed by atoms with Gasteiger partial charge in [-0.1, -0.05) is 32.9 Å². The van der Waals surface area contributed by atoms with Gasteiger partial charge in [-0.2, -0.15) is 4.31 Å². The molecule has 2 atom stereocenters. The van der Waals surface area contributed by atoms with Crippen LogP contribution in [0.25, 0.3) is 0 Å². The normalized spacial score (nSPS) is 19.3. The van der Waals surface area contributed by atoms with Crippen molar-refractivity contribution < 1.29 is 13.2 Å². The number of hydrogen-bond donors (Lipinski definition) is 1. The number of nitrogens with zero attached hydrogens (tertiary/aromatic N) is 2. The van der Waals surface area contributed by atoms with Crippen LogP contribution in [0.3, 0.4) is 0 Å². The van der Waals surface area contributed by atoms with Crippen LogP contribution in [-0.2, 0) is 21.2 Å². The van der Waals surface area contributed by atoms with Crippen molar-refractivity contribution in [2.24, 2.45) is 5.92 Å². The van der Waals surface area contributed by atoms with Crippen LogP contribution in [0.15, 0.2) is 29.2 Å². The molecule has 1 amide bonds. The summed E-state index contributed by atoms with van der Waals surface area (Å²) in [7, 11) is -3.43. The molecule has 0 bridgehead atoms. The van der Waals surface area contributed by atoms with Crippen molar-refractivity contribution in [3.05, 3.63) is 29.8 Å². The Balaban J connectivity index is 1.81. The summed E-state index contributed by atoms with van der Waals surface area (Å²) in [6.45, 7) is 12.1. The molecule has 1 aliphatic heterocycles. The first kappa shape index (κ1) is 23.8. The van der Waals surface area contributed by atoms with Gasteiger partial charge >= 0.3 is 0 Å². The summed E-state index contributed by atoms with van der Waals surface area (Å²) in [6.07, 6.45) is 3.54. The van der Waals surface area contributed by atoms with Gasteiger partial charge in [0.05, 0.1) is 4.90 Å². The van der Waals surface area contributed by atoms with Crippen LogP contribution in [0.5, 0.6) is 0 Å². The summed E-state index contributed by atoms with van der Waals surface area (Å²) in [4.78, 5) is 15.0. The molecule has 1 saturated heterocycles. The molecular formula is C22H37N3O3S. The molecule has 0 spiro atoms. The molecule has 1 aromatic carbocycles. The largest absolute Gasteiger partial charge is 0.352 e. The van der Waals surface area contributed by atoms with E-state index in [0.29, 0.717) is 30.8 Å². The summed E-state index contributed by atoms with van der Waals surface area (Å²) in [5.41, 5.74) is 0.969. The molecule has 6 nitrogen and oxygen atoms in total. The quantitative estimate of drug-likeness (QED) is 0.628. The van der Waals surface area contributed by atoms with Gasteiger partial charge in [0, 0.05) is 38.6 Å². The van der Waals surface area contributed by atoms with Crippen molar-refractivity contribution >= 4 is 15.9 Å². The maximum absolute atomic E-state index is 12.5.